The van der Waals surface area contributed by atoms with E-state index in [-0.39, 0.29) is 0 Å². The van der Waals surface area contributed by atoms with Crippen LogP contribution >= 0.6 is 0 Å². The molecule has 0 amide bonds. The Bertz CT molecular complexity index is 235. The normalized spacial score (nSPS) is 9.83. The Kier molecular flexibility index (Phi) is 3.54. The fraction of sp³-hybridized carbons (Fsp3) is 0.444. The van der Waals surface area contributed by atoms with Crippen LogP contribution in [0.2, 0.25) is 0 Å². The van der Waals surface area contributed by atoms with E-state index >= 15 is 0 Å². The fourth-order valence-corrected chi connectivity index (χ4v) is 0.805. The number of allylic oxidation sites excluding steroid dienone is 1. The topological polar surface area (TPSA) is 38.1 Å². The second kappa shape index (κ2) is 4.72. The van der Waals surface area contributed by atoms with Crippen LogP contribution in [0.5, 0.6) is 0 Å². The number of hydrogen-bond donors (Lipinski definition) is 1. The average molecular weight is 166 g/mol. The highest BCUT2D eigenvalue weighted by molar-refractivity contribution is 4.97. The molecular formula is C9H14N2O. The van der Waals surface area contributed by atoms with Crippen LogP contribution in [0.15, 0.2) is 28.5 Å². The van der Waals surface area contributed by atoms with Gasteiger partial charge in [0.05, 0.1) is 5.69 Å². The van der Waals surface area contributed by atoms with Crippen LogP contribution in [0.4, 0.5) is 0 Å². The molecule has 0 aliphatic heterocycles. The van der Waals surface area contributed by atoms with E-state index in [4.69, 9.17) is 0 Å². The molecule has 0 aliphatic carbocycles. The first kappa shape index (κ1) is 9.00. The third kappa shape index (κ3) is 3.34. The second-order valence-electron chi connectivity index (χ2n) is 2.90. The molecule has 0 atom stereocenters. The van der Waals surface area contributed by atoms with Gasteiger partial charge in [0.15, 0.2) is 0 Å². The summed E-state index contributed by atoms with van der Waals surface area (Å²) >= 11 is 0. The van der Waals surface area contributed by atoms with Crippen LogP contribution in [0, 0.1) is 0 Å². The van der Waals surface area contributed by atoms with Gasteiger partial charge in [0.25, 0.3) is 0 Å². The van der Waals surface area contributed by atoms with Gasteiger partial charge in [-0.2, -0.15) is 0 Å². The predicted molar refractivity (Wildman–Crippen MR) is 47.6 cm³/mol. The zero-order chi connectivity index (χ0) is 8.81. The highest BCUT2D eigenvalue weighted by Crippen LogP contribution is 1.92. The maximum Gasteiger partial charge on any atom is 0.124 e. The molecule has 1 N–H and O–H groups in total. The van der Waals surface area contributed by atoms with E-state index in [0.717, 1.165) is 18.8 Å². The summed E-state index contributed by atoms with van der Waals surface area (Å²) in [6, 6.07) is 1.86. The Hall–Kier alpha value is -1.09. The molecule has 0 spiro atoms. The van der Waals surface area contributed by atoms with Crippen LogP contribution in [0.25, 0.3) is 0 Å². The third-order valence-corrected chi connectivity index (χ3v) is 1.45. The molecule has 0 aliphatic rings. The Morgan fingerprint density at radius 1 is 1.67 bits per heavy atom. The van der Waals surface area contributed by atoms with E-state index in [0.29, 0.717) is 0 Å². The SMILES string of the molecule is CC(C)=CCNCc1ccon1. The highest BCUT2D eigenvalue weighted by Gasteiger charge is 1.92. The van der Waals surface area contributed by atoms with Crippen molar-refractivity contribution < 1.29 is 4.52 Å². The second-order valence-corrected chi connectivity index (χ2v) is 2.90. The molecule has 66 valence electrons. The maximum absolute atomic E-state index is 4.69. The number of nitrogens with one attached hydrogen (secondary N) is 1. The lowest BCUT2D eigenvalue weighted by molar-refractivity contribution is 0.409. The van der Waals surface area contributed by atoms with Gasteiger partial charge in [-0.1, -0.05) is 16.8 Å². The molecular weight excluding hydrogens is 152 g/mol. The van der Waals surface area contributed by atoms with Crippen molar-refractivity contribution in [3.05, 3.63) is 29.7 Å². The Morgan fingerprint density at radius 2 is 2.50 bits per heavy atom. The van der Waals surface area contributed by atoms with Crippen LogP contribution in [-0.2, 0) is 6.54 Å². The van der Waals surface area contributed by atoms with Gasteiger partial charge in [-0.3, -0.25) is 0 Å². The van der Waals surface area contributed by atoms with Crippen LogP contribution in [0.1, 0.15) is 19.5 Å². The van der Waals surface area contributed by atoms with Gasteiger partial charge in [-0.15, -0.1) is 0 Å². The summed E-state index contributed by atoms with van der Waals surface area (Å²) in [6.07, 6.45) is 3.72. The molecule has 0 bridgehead atoms. The molecule has 1 rings (SSSR count). The summed E-state index contributed by atoms with van der Waals surface area (Å²) in [6.45, 7) is 5.81. The molecule has 1 aromatic heterocycles. The first-order valence-corrected chi connectivity index (χ1v) is 4.02. The predicted octanol–water partition coefficient (Wildman–Crippen LogP) is 1.73. The van der Waals surface area contributed by atoms with Crippen LogP contribution < -0.4 is 5.32 Å². The summed E-state index contributed by atoms with van der Waals surface area (Å²) in [7, 11) is 0. The average Bonchev–Trinajstić information content (AvgIpc) is 2.49. The standard InChI is InChI=1S/C9H14N2O/c1-8(2)3-5-10-7-9-4-6-12-11-9/h3-4,6,10H,5,7H2,1-2H3. The van der Waals surface area contributed by atoms with Crippen molar-refractivity contribution in [2.45, 2.75) is 20.4 Å². The van der Waals surface area contributed by atoms with Crippen molar-refractivity contribution in [3.8, 4) is 0 Å². The van der Waals surface area contributed by atoms with Gasteiger partial charge in [0.2, 0.25) is 0 Å². The van der Waals surface area contributed by atoms with Gasteiger partial charge in [-0.25, -0.2) is 0 Å². The molecule has 0 unspecified atom stereocenters. The minimum Gasteiger partial charge on any atom is -0.364 e. The molecule has 1 aromatic rings. The van der Waals surface area contributed by atoms with Gasteiger partial charge < -0.3 is 9.84 Å². The summed E-state index contributed by atoms with van der Waals surface area (Å²) in [5.41, 5.74) is 2.26. The quantitative estimate of drug-likeness (QED) is 0.546. The van der Waals surface area contributed by atoms with Crippen molar-refractivity contribution in [1.29, 1.82) is 0 Å². The monoisotopic (exact) mass is 166 g/mol. The molecule has 12 heavy (non-hydrogen) atoms. The lowest BCUT2D eigenvalue weighted by Gasteiger charge is -1.96. The van der Waals surface area contributed by atoms with Crippen molar-refractivity contribution in [1.82, 2.24) is 10.5 Å². The summed E-state index contributed by atoms with van der Waals surface area (Å²) in [5.74, 6) is 0. The van der Waals surface area contributed by atoms with E-state index in [1.54, 1.807) is 6.26 Å². The minimum atomic E-state index is 0.764. The first-order chi connectivity index (χ1) is 5.79. The Labute approximate surface area is 72.4 Å². The lowest BCUT2D eigenvalue weighted by atomic mass is 10.3. The maximum atomic E-state index is 4.69. The van der Waals surface area contributed by atoms with Gasteiger partial charge in [0.1, 0.15) is 6.26 Å². The van der Waals surface area contributed by atoms with Crippen molar-refractivity contribution in [3.63, 3.8) is 0 Å². The molecule has 0 fully saturated rings. The van der Waals surface area contributed by atoms with Crippen molar-refractivity contribution >= 4 is 0 Å². The smallest absolute Gasteiger partial charge is 0.124 e. The molecule has 0 saturated heterocycles. The summed E-state index contributed by atoms with van der Waals surface area (Å²) < 4.78 is 4.69. The fourth-order valence-electron chi connectivity index (χ4n) is 0.805. The number of nitrogens with zero attached hydrogens (tertiary/aromatic N) is 1. The largest absolute Gasteiger partial charge is 0.364 e. The summed E-state index contributed by atoms with van der Waals surface area (Å²) in [4.78, 5) is 0. The highest BCUT2D eigenvalue weighted by atomic mass is 16.5. The number of aromatic nitrogens is 1. The Morgan fingerprint density at radius 3 is 3.08 bits per heavy atom. The van der Waals surface area contributed by atoms with Gasteiger partial charge in [0, 0.05) is 19.2 Å². The zero-order valence-corrected chi connectivity index (χ0v) is 7.50. The van der Waals surface area contributed by atoms with E-state index in [2.05, 4.69) is 34.9 Å². The molecule has 0 radical (unpaired) electrons. The van der Waals surface area contributed by atoms with Gasteiger partial charge >= 0.3 is 0 Å². The summed E-state index contributed by atoms with van der Waals surface area (Å²) in [5, 5.41) is 6.99. The zero-order valence-electron chi connectivity index (χ0n) is 7.50. The van der Waals surface area contributed by atoms with Crippen LogP contribution in [0.3, 0.4) is 0 Å². The molecule has 3 heteroatoms. The van der Waals surface area contributed by atoms with E-state index in [1.807, 2.05) is 6.07 Å². The number of rotatable bonds is 4. The molecule has 3 nitrogen and oxygen atoms in total. The molecule has 0 aromatic carbocycles. The number of hydrogen-bond acceptors (Lipinski definition) is 3. The van der Waals surface area contributed by atoms with Gasteiger partial charge in [-0.05, 0) is 13.8 Å². The lowest BCUT2D eigenvalue weighted by Crippen LogP contribution is -2.13. The van der Waals surface area contributed by atoms with Crippen molar-refractivity contribution in [2.24, 2.45) is 0 Å². The van der Waals surface area contributed by atoms with E-state index < -0.39 is 0 Å². The third-order valence-electron chi connectivity index (χ3n) is 1.45. The van der Waals surface area contributed by atoms with E-state index in [9.17, 15) is 0 Å². The van der Waals surface area contributed by atoms with Crippen LogP contribution in [-0.4, -0.2) is 11.7 Å². The molecule has 1 heterocycles. The minimum absolute atomic E-state index is 0.764. The Balaban J connectivity index is 2.16. The molecule has 0 saturated carbocycles. The first-order valence-electron chi connectivity index (χ1n) is 4.02. The van der Waals surface area contributed by atoms with E-state index in [1.165, 1.54) is 5.57 Å². The van der Waals surface area contributed by atoms with Crippen molar-refractivity contribution in [2.75, 3.05) is 6.54 Å².